The van der Waals surface area contributed by atoms with E-state index >= 15 is 0 Å². The van der Waals surface area contributed by atoms with Gasteiger partial charge in [0, 0.05) is 6.42 Å². The van der Waals surface area contributed by atoms with Gasteiger partial charge in [0.25, 0.3) is 0 Å². The number of likely N-dealkylation sites (N-methyl/N-ethyl adjacent to an activating group) is 1. The van der Waals surface area contributed by atoms with Crippen molar-refractivity contribution in [1.29, 1.82) is 0 Å². The lowest BCUT2D eigenvalue weighted by Crippen LogP contribution is -2.45. The van der Waals surface area contributed by atoms with E-state index in [0.29, 0.717) is 17.4 Å². The van der Waals surface area contributed by atoms with Gasteiger partial charge in [-0.25, -0.2) is 4.57 Å². The van der Waals surface area contributed by atoms with Gasteiger partial charge in [0.2, 0.25) is 5.91 Å². The maximum atomic E-state index is 12.9. The van der Waals surface area contributed by atoms with E-state index in [0.717, 1.165) is 44.9 Å². The van der Waals surface area contributed by atoms with Crippen LogP contribution in [0.2, 0.25) is 0 Å². The zero-order chi connectivity index (χ0) is 47.1. The number of carbonyl (C=O) groups excluding carboxylic acids is 1. The smallest absolute Gasteiger partial charge is 0.387 e. The van der Waals surface area contributed by atoms with Gasteiger partial charge < -0.3 is 19.8 Å². The summed E-state index contributed by atoms with van der Waals surface area (Å²) < 4.78 is 23.7. The molecule has 8 nitrogen and oxygen atoms in total. The standard InChI is InChI=1S/C55H107N2O6P/c1-6-8-10-12-14-16-18-20-22-24-26-27-28-29-31-32-34-36-38-40-42-44-46-48-54(58)53(52-63-64(60,61)62-51-50-57(3,4)5)56-55(59)49-47-45-43-41-39-37-35-33-30-25-23-21-19-17-15-13-11-9-7-2/h31-32,38,40,46,48,53-54,58H,6-30,33-37,39,41-45,47,49-52H2,1-5H3,(H-,56,59,60,61)/p+1/b32-31+,40-38+,48-46+. The van der Waals surface area contributed by atoms with Crippen LogP contribution >= 0.6 is 7.82 Å². The number of rotatable bonds is 50. The Morgan fingerprint density at radius 2 is 0.859 bits per heavy atom. The molecule has 1 amide bonds. The molecule has 0 saturated carbocycles. The van der Waals surface area contributed by atoms with Gasteiger partial charge >= 0.3 is 7.82 Å². The number of amides is 1. The van der Waals surface area contributed by atoms with Gasteiger partial charge in [-0.1, -0.05) is 243 Å². The molecule has 0 aliphatic rings. The minimum Gasteiger partial charge on any atom is -0.387 e. The monoisotopic (exact) mass is 924 g/mol. The third-order valence-corrected chi connectivity index (χ3v) is 13.3. The molecule has 3 atom stereocenters. The molecular weight excluding hydrogens is 816 g/mol. The fourth-order valence-electron chi connectivity index (χ4n) is 8.02. The van der Waals surface area contributed by atoms with E-state index < -0.39 is 20.0 Å². The first kappa shape index (κ1) is 62.7. The molecule has 0 aromatic heterocycles. The summed E-state index contributed by atoms with van der Waals surface area (Å²) >= 11 is 0. The van der Waals surface area contributed by atoms with Crippen LogP contribution in [0.15, 0.2) is 36.5 Å². The van der Waals surface area contributed by atoms with Crippen LogP contribution in [0.5, 0.6) is 0 Å². The van der Waals surface area contributed by atoms with Crippen molar-refractivity contribution in [2.24, 2.45) is 0 Å². The van der Waals surface area contributed by atoms with Crippen molar-refractivity contribution in [3.63, 3.8) is 0 Å². The number of phosphoric ester groups is 1. The second-order valence-corrected chi connectivity index (χ2v) is 21.4. The lowest BCUT2D eigenvalue weighted by atomic mass is 10.0. The Labute approximate surface area is 397 Å². The number of hydrogen-bond donors (Lipinski definition) is 3. The number of nitrogens with zero attached hydrogens (tertiary/aromatic N) is 1. The molecule has 9 heteroatoms. The first-order valence-electron chi connectivity index (χ1n) is 27.4. The molecule has 0 aromatic rings. The first-order chi connectivity index (χ1) is 31.0. The van der Waals surface area contributed by atoms with E-state index in [1.54, 1.807) is 6.08 Å². The summed E-state index contributed by atoms with van der Waals surface area (Å²) in [6.45, 7) is 4.82. The Kier molecular flexibility index (Phi) is 45.9. The topological polar surface area (TPSA) is 105 Å². The summed E-state index contributed by atoms with van der Waals surface area (Å²) in [5, 5.41) is 13.9. The lowest BCUT2D eigenvalue weighted by Gasteiger charge is -2.25. The van der Waals surface area contributed by atoms with Gasteiger partial charge in [-0.3, -0.25) is 13.8 Å². The second-order valence-electron chi connectivity index (χ2n) is 19.9. The Balaban J connectivity index is 4.32. The molecule has 0 heterocycles. The van der Waals surface area contributed by atoms with Gasteiger partial charge in [0.15, 0.2) is 0 Å². The average molecular weight is 924 g/mol. The quantitative estimate of drug-likeness (QED) is 0.0243. The van der Waals surface area contributed by atoms with E-state index in [9.17, 15) is 19.4 Å². The van der Waals surface area contributed by atoms with Crippen LogP contribution in [0.4, 0.5) is 0 Å². The molecule has 0 radical (unpaired) electrons. The van der Waals surface area contributed by atoms with E-state index in [-0.39, 0.29) is 19.1 Å². The molecule has 0 spiro atoms. The number of quaternary nitrogens is 1. The Morgan fingerprint density at radius 1 is 0.516 bits per heavy atom. The third-order valence-electron chi connectivity index (χ3n) is 12.3. The Morgan fingerprint density at radius 3 is 1.25 bits per heavy atom. The molecule has 0 bridgehead atoms. The number of unbranched alkanes of at least 4 members (excludes halogenated alkanes) is 33. The molecule has 0 rings (SSSR count). The van der Waals surface area contributed by atoms with Crippen LogP contribution in [0.1, 0.15) is 258 Å². The maximum Gasteiger partial charge on any atom is 0.472 e. The van der Waals surface area contributed by atoms with Crippen molar-refractivity contribution in [1.82, 2.24) is 5.32 Å². The second kappa shape index (κ2) is 46.8. The number of phosphoric acid groups is 1. The van der Waals surface area contributed by atoms with Crippen molar-refractivity contribution in [2.45, 2.75) is 270 Å². The number of carbonyl (C=O) groups is 1. The predicted molar refractivity (Wildman–Crippen MR) is 277 cm³/mol. The van der Waals surface area contributed by atoms with Crippen LogP contribution in [0, 0.1) is 0 Å². The summed E-state index contributed by atoms with van der Waals surface area (Å²) in [6, 6.07) is -0.867. The molecule has 0 aliphatic carbocycles. The largest absolute Gasteiger partial charge is 0.472 e. The summed E-state index contributed by atoms with van der Waals surface area (Å²) in [4.78, 5) is 23.2. The van der Waals surface area contributed by atoms with Crippen molar-refractivity contribution in [3.8, 4) is 0 Å². The van der Waals surface area contributed by atoms with Gasteiger partial charge in [-0.2, -0.15) is 0 Å². The third kappa shape index (κ3) is 48.6. The lowest BCUT2D eigenvalue weighted by molar-refractivity contribution is -0.870. The van der Waals surface area contributed by atoms with Crippen molar-refractivity contribution in [3.05, 3.63) is 36.5 Å². The number of hydrogen-bond acceptors (Lipinski definition) is 5. The molecule has 3 N–H and O–H groups in total. The van der Waals surface area contributed by atoms with Crippen LogP contribution < -0.4 is 5.32 Å². The van der Waals surface area contributed by atoms with E-state index in [2.05, 4.69) is 43.5 Å². The van der Waals surface area contributed by atoms with Gasteiger partial charge in [0.05, 0.1) is 39.9 Å². The molecule has 0 aromatic carbocycles. The van der Waals surface area contributed by atoms with E-state index in [1.165, 1.54) is 193 Å². The van der Waals surface area contributed by atoms with Gasteiger partial charge in [-0.05, 0) is 44.9 Å². The average Bonchev–Trinajstić information content (AvgIpc) is 3.25. The summed E-state index contributed by atoms with van der Waals surface area (Å²) in [6.07, 6.45) is 59.5. The molecule has 64 heavy (non-hydrogen) atoms. The van der Waals surface area contributed by atoms with Gasteiger partial charge in [0.1, 0.15) is 13.2 Å². The number of aliphatic hydroxyl groups is 1. The SMILES string of the molecule is CCCCCCCCCCCCCCC/C=C/CC/C=C/CC/C=C/C(O)C(COP(=O)(O)OCC[N+](C)(C)C)NC(=O)CCCCCCCCCCCCCCCCCCCCC. The highest BCUT2D eigenvalue weighted by atomic mass is 31.2. The van der Waals surface area contributed by atoms with Crippen molar-refractivity contribution >= 4 is 13.7 Å². The highest BCUT2D eigenvalue weighted by molar-refractivity contribution is 7.47. The minimum absolute atomic E-state index is 0.0550. The van der Waals surface area contributed by atoms with Crippen molar-refractivity contribution < 1.29 is 32.9 Å². The van der Waals surface area contributed by atoms with Gasteiger partial charge in [-0.15, -0.1) is 0 Å². The highest BCUT2D eigenvalue weighted by Gasteiger charge is 2.27. The predicted octanol–water partition coefficient (Wildman–Crippen LogP) is 16.2. The molecule has 378 valence electrons. The molecule has 0 saturated heterocycles. The molecule has 3 unspecified atom stereocenters. The highest BCUT2D eigenvalue weighted by Crippen LogP contribution is 2.43. The van der Waals surface area contributed by atoms with Crippen LogP contribution in [-0.2, 0) is 18.4 Å². The van der Waals surface area contributed by atoms with Crippen LogP contribution in [-0.4, -0.2) is 73.4 Å². The number of aliphatic hydroxyl groups excluding tert-OH is 1. The summed E-state index contributed by atoms with van der Waals surface area (Å²) in [7, 11) is 1.55. The van der Waals surface area contributed by atoms with Crippen LogP contribution in [0.25, 0.3) is 0 Å². The van der Waals surface area contributed by atoms with E-state index in [4.69, 9.17) is 9.05 Å². The Bertz CT molecular complexity index is 1140. The fraction of sp³-hybridized carbons (Fsp3) is 0.873. The first-order valence-corrected chi connectivity index (χ1v) is 28.9. The summed E-state index contributed by atoms with van der Waals surface area (Å²) in [5.74, 6) is -0.187. The normalized spacial score (nSPS) is 14.3. The molecule has 0 aliphatic heterocycles. The minimum atomic E-state index is -4.35. The number of nitrogens with one attached hydrogen (secondary N) is 1. The van der Waals surface area contributed by atoms with Crippen LogP contribution in [0.3, 0.4) is 0 Å². The molecular formula is C55H108N2O6P+. The molecule has 0 fully saturated rings. The zero-order valence-corrected chi connectivity index (χ0v) is 43.9. The van der Waals surface area contributed by atoms with E-state index in [1.807, 2.05) is 27.2 Å². The summed E-state index contributed by atoms with van der Waals surface area (Å²) in [5.41, 5.74) is 0. The Hall–Kier alpha value is -1.28. The van der Waals surface area contributed by atoms with Crippen molar-refractivity contribution in [2.75, 3.05) is 40.9 Å². The zero-order valence-electron chi connectivity index (χ0n) is 43.0. The fourth-order valence-corrected chi connectivity index (χ4v) is 8.75. The number of allylic oxidation sites excluding steroid dienone is 5. The maximum absolute atomic E-state index is 12.9.